The lowest BCUT2D eigenvalue weighted by Gasteiger charge is -2.30. The molecule has 2 N–H and O–H groups in total. The van der Waals surface area contributed by atoms with E-state index in [9.17, 15) is 4.79 Å². The summed E-state index contributed by atoms with van der Waals surface area (Å²) in [5.41, 5.74) is 3.02. The minimum absolute atomic E-state index is 0.0319. The van der Waals surface area contributed by atoms with Crippen LogP contribution >= 0.6 is 35.4 Å². The average molecular weight is 421 g/mol. The molecule has 0 aliphatic carbocycles. The van der Waals surface area contributed by atoms with E-state index >= 15 is 0 Å². The van der Waals surface area contributed by atoms with E-state index in [-0.39, 0.29) is 18.4 Å². The van der Waals surface area contributed by atoms with Crippen LogP contribution in [0.25, 0.3) is 0 Å². The van der Waals surface area contributed by atoms with Crippen molar-refractivity contribution in [2.24, 2.45) is 0 Å². The number of para-hydroxylation sites is 1. The van der Waals surface area contributed by atoms with E-state index in [2.05, 4.69) is 10.6 Å². The molecule has 3 rings (SSSR count). The molecule has 0 fully saturated rings. The number of hydrogen-bond donors (Lipinski definition) is 2. The average Bonchev–Trinajstić information content (AvgIpc) is 2.60. The first-order valence-electron chi connectivity index (χ1n) is 8.31. The van der Waals surface area contributed by atoms with Crippen molar-refractivity contribution in [2.45, 2.75) is 26.5 Å². The third-order valence-corrected chi connectivity index (χ3v) is 5.08. The molecule has 4 nitrogen and oxygen atoms in total. The first kappa shape index (κ1) is 19.7. The lowest BCUT2D eigenvalue weighted by molar-refractivity contribution is -0.114. The third-order valence-electron chi connectivity index (χ3n) is 4.28. The van der Waals surface area contributed by atoms with E-state index in [0.29, 0.717) is 26.5 Å². The number of benzene rings is 2. The highest BCUT2D eigenvalue weighted by Gasteiger charge is 2.29. The van der Waals surface area contributed by atoms with E-state index in [4.69, 9.17) is 40.2 Å². The molecule has 0 saturated carbocycles. The molecule has 1 unspecified atom stereocenters. The maximum Gasteiger partial charge on any atom is 0.171 e. The van der Waals surface area contributed by atoms with Crippen molar-refractivity contribution in [3.8, 4) is 5.75 Å². The maximum absolute atomic E-state index is 12.2. The fraction of sp³-hybridized carbons (Fsp3) is 0.200. The number of carbonyl (C=O) groups is 1. The molecule has 0 spiro atoms. The number of nitrogens with one attached hydrogen (secondary N) is 2. The lowest BCUT2D eigenvalue weighted by Crippen LogP contribution is -2.44. The standard InChI is InChI=1S/C20H18Cl2N2O2S/c1-11-18(12(2)25)19(24-20(27)23-11)15-5-3-4-6-17(15)26-10-13-7-8-14(21)9-16(13)22/h3-9,19H,10H2,1-2H3,(H2,23,24,27). The molecule has 0 radical (unpaired) electrons. The quantitative estimate of drug-likeness (QED) is 0.669. The zero-order chi connectivity index (χ0) is 19.6. The van der Waals surface area contributed by atoms with Gasteiger partial charge in [0.2, 0.25) is 0 Å². The zero-order valence-electron chi connectivity index (χ0n) is 14.8. The van der Waals surface area contributed by atoms with Gasteiger partial charge in [-0.2, -0.15) is 0 Å². The Morgan fingerprint density at radius 1 is 1.22 bits per heavy atom. The summed E-state index contributed by atoms with van der Waals surface area (Å²) < 4.78 is 6.03. The first-order valence-corrected chi connectivity index (χ1v) is 9.48. The second kappa shape index (κ2) is 8.30. The van der Waals surface area contributed by atoms with Crippen LogP contribution in [0.1, 0.15) is 31.0 Å². The molecule has 2 aromatic rings. The monoisotopic (exact) mass is 420 g/mol. The van der Waals surface area contributed by atoms with Gasteiger partial charge in [0, 0.05) is 32.4 Å². The van der Waals surface area contributed by atoms with Crippen LogP contribution < -0.4 is 15.4 Å². The molecule has 0 saturated heterocycles. The van der Waals surface area contributed by atoms with Gasteiger partial charge in [0.15, 0.2) is 10.9 Å². The smallest absolute Gasteiger partial charge is 0.171 e. The number of allylic oxidation sites excluding steroid dienone is 1. The number of ketones is 1. The van der Waals surface area contributed by atoms with Gasteiger partial charge in [-0.15, -0.1) is 0 Å². The van der Waals surface area contributed by atoms with Gasteiger partial charge in [0.05, 0.1) is 6.04 Å². The van der Waals surface area contributed by atoms with Crippen LogP contribution in [-0.4, -0.2) is 10.9 Å². The number of thiocarbonyl (C=S) groups is 1. The summed E-state index contributed by atoms with van der Waals surface area (Å²) in [4.78, 5) is 12.2. The van der Waals surface area contributed by atoms with Crippen LogP contribution in [0.3, 0.4) is 0 Å². The predicted octanol–water partition coefficient (Wildman–Crippen LogP) is 4.95. The normalized spacial score (nSPS) is 16.6. The molecule has 1 atom stereocenters. The van der Waals surface area contributed by atoms with Gasteiger partial charge < -0.3 is 15.4 Å². The Labute approximate surface area is 173 Å². The molecule has 1 aliphatic rings. The molecule has 1 heterocycles. The van der Waals surface area contributed by atoms with Gasteiger partial charge >= 0.3 is 0 Å². The van der Waals surface area contributed by atoms with E-state index in [1.807, 2.05) is 37.3 Å². The van der Waals surface area contributed by atoms with E-state index in [0.717, 1.165) is 16.8 Å². The Morgan fingerprint density at radius 2 is 1.96 bits per heavy atom. The fourth-order valence-corrected chi connectivity index (χ4v) is 3.77. The van der Waals surface area contributed by atoms with Crippen molar-refractivity contribution < 1.29 is 9.53 Å². The van der Waals surface area contributed by atoms with Crippen LogP contribution in [0.15, 0.2) is 53.7 Å². The highest BCUT2D eigenvalue weighted by molar-refractivity contribution is 7.80. The molecular weight excluding hydrogens is 403 g/mol. The molecule has 1 aliphatic heterocycles. The topological polar surface area (TPSA) is 50.4 Å². The number of carbonyl (C=O) groups excluding carboxylic acids is 1. The Hall–Kier alpha value is -2.08. The number of ether oxygens (including phenoxy) is 1. The summed E-state index contributed by atoms with van der Waals surface area (Å²) in [6, 6.07) is 12.5. The van der Waals surface area contributed by atoms with Gasteiger partial charge in [-0.05, 0) is 44.3 Å². The van der Waals surface area contributed by atoms with Crippen LogP contribution in [0.5, 0.6) is 5.75 Å². The second-order valence-corrected chi connectivity index (χ2v) is 7.44. The number of hydrogen-bond acceptors (Lipinski definition) is 3. The number of halogens is 2. The summed E-state index contributed by atoms with van der Waals surface area (Å²) >= 11 is 17.5. The molecule has 7 heteroatoms. The summed E-state index contributed by atoms with van der Waals surface area (Å²) in [7, 11) is 0. The van der Waals surface area contributed by atoms with Gasteiger partial charge in [0.25, 0.3) is 0 Å². The first-order chi connectivity index (χ1) is 12.9. The van der Waals surface area contributed by atoms with Crippen molar-refractivity contribution >= 4 is 46.3 Å². The summed E-state index contributed by atoms with van der Waals surface area (Å²) in [5, 5.41) is 7.76. The van der Waals surface area contributed by atoms with Gasteiger partial charge in [-0.25, -0.2) is 0 Å². The van der Waals surface area contributed by atoms with E-state index < -0.39 is 0 Å². The molecule has 140 valence electrons. The Bertz CT molecular complexity index is 943. The van der Waals surface area contributed by atoms with Crippen molar-refractivity contribution in [3.05, 3.63) is 74.9 Å². The van der Waals surface area contributed by atoms with Crippen LogP contribution in [0.2, 0.25) is 10.0 Å². The number of rotatable bonds is 5. The van der Waals surface area contributed by atoms with Crippen molar-refractivity contribution in [1.29, 1.82) is 0 Å². The Morgan fingerprint density at radius 3 is 2.67 bits per heavy atom. The molecule has 0 bridgehead atoms. The highest BCUT2D eigenvalue weighted by atomic mass is 35.5. The van der Waals surface area contributed by atoms with Crippen molar-refractivity contribution in [1.82, 2.24) is 10.6 Å². The molecule has 2 aromatic carbocycles. The van der Waals surface area contributed by atoms with Crippen LogP contribution in [0.4, 0.5) is 0 Å². The summed E-state index contributed by atoms with van der Waals surface area (Å²) in [5.74, 6) is 0.618. The lowest BCUT2D eigenvalue weighted by atomic mass is 9.92. The molecule has 0 amide bonds. The number of Topliss-reactive ketones (excluding diaryl/α,β-unsaturated/α-hetero) is 1. The largest absolute Gasteiger partial charge is 0.488 e. The van der Waals surface area contributed by atoms with Crippen LogP contribution in [0, 0.1) is 0 Å². The molecule has 27 heavy (non-hydrogen) atoms. The maximum atomic E-state index is 12.2. The zero-order valence-corrected chi connectivity index (χ0v) is 17.1. The minimum atomic E-state index is -0.381. The Balaban J connectivity index is 1.92. The summed E-state index contributed by atoms with van der Waals surface area (Å²) in [6.45, 7) is 3.66. The third kappa shape index (κ3) is 4.43. The van der Waals surface area contributed by atoms with Gasteiger partial charge in [-0.3, -0.25) is 4.79 Å². The SMILES string of the molecule is CC(=O)C1=C(C)NC(=S)NC1c1ccccc1OCc1ccc(Cl)cc1Cl. The molecular formula is C20H18Cl2N2O2S. The van der Waals surface area contributed by atoms with E-state index in [1.54, 1.807) is 19.1 Å². The van der Waals surface area contributed by atoms with Crippen molar-refractivity contribution in [2.75, 3.05) is 0 Å². The summed E-state index contributed by atoms with van der Waals surface area (Å²) in [6.07, 6.45) is 0. The van der Waals surface area contributed by atoms with Gasteiger partial charge in [0.1, 0.15) is 12.4 Å². The fourth-order valence-electron chi connectivity index (χ4n) is 3.04. The van der Waals surface area contributed by atoms with Crippen LogP contribution in [-0.2, 0) is 11.4 Å². The minimum Gasteiger partial charge on any atom is -0.488 e. The predicted molar refractivity (Wildman–Crippen MR) is 112 cm³/mol. The highest BCUT2D eigenvalue weighted by Crippen LogP contribution is 2.34. The van der Waals surface area contributed by atoms with Gasteiger partial charge in [-0.1, -0.05) is 47.5 Å². The molecule has 0 aromatic heterocycles. The van der Waals surface area contributed by atoms with E-state index in [1.165, 1.54) is 0 Å². The second-order valence-electron chi connectivity index (χ2n) is 6.19. The van der Waals surface area contributed by atoms with Crippen molar-refractivity contribution in [3.63, 3.8) is 0 Å². The Kier molecular flexibility index (Phi) is 6.05.